The molecule has 5 heteroatoms. The molecule has 2 aromatic rings. The summed E-state index contributed by atoms with van der Waals surface area (Å²) in [5, 5.41) is 4.00. The number of nitrogens with one attached hydrogen (secondary N) is 1. The van der Waals surface area contributed by atoms with E-state index in [1.807, 2.05) is 12.1 Å². The summed E-state index contributed by atoms with van der Waals surface area (Å²) in [7, 11) is 0. The lowest BCUT2D eigenvalue weighted by molar-refractivity contribution is 0.0955. The highest BCUT2D eigenvalue weighted by atomic mass is 35.5. The minimum absolute atomic E-state index is 0.0226. The number of amides is 1. The van der Waals surface area contributed by atoms with Gasteiger partial charge in [0.25, 0.3) is 5.91 Å². The monoisotopic (exact) mass is 332 g/mol. The zero-order chi connectivity index (χ0) is 17.0. The molecule has 0 atom stereocenters. The summed E-state index contributed by atoms with van der Waals surface area (Å²) in [5.74, 6) is -0.862. The molecule has 0 bridgehead atoms. The summed E-state index contributed by atoms with van der Waals surface area (Å²) in [4.78, 5) is 12.0. The number of hydrazone groups is 1. The lowest BCUT2D eigenvalue weighted by Crippen LogP contribution is -2.18. The Labute approximate surface area is 140 Å². The summed E-state index contributed by atoms with van der Waals surface area (Å²) < 4.78 is 13.6. The average Bonchev–Trinajstić information content (AvgIpc) is 2.49. The number of hydrogen-bond acceptors (Lipinski definition) is 2. The third-order valence-electron chi connectivity index (χ3n) is 3.37. The van der Waals surface area contributed by atoms with E-state index < -0.39 is 5.82 Å². The molecule has 120 valence electrons. The number of nitrogens with zero attached hydrogens (tertiary/aromatic N) is 1. The van der Waals surface area contributed by atoms with Gasteiger partial charge in [-0.2, -0.15) is 5.10 Å². The van der Waals surface area contributed by atoms with Crippen molar-refractivity contribution in [2.75, 3.05) is 0 Å². The SMILES string of the molecule is CC(C)(C)c1ccc(C(=O)N/N=C\c2c(F)cccc2Cl)cc1. The fraction of sp³-hybridized carbons (Fsp3) is 0.222. The van der Waals surface area contributed by atoms with Crippen molar-refractivity contribution in [3.05, 3.63) is 70.0 Å². The van der Waals surface area contributed by atoms with Crippen LogP contribution in [0.3, 0.4) is 0 Å². The number of benzene rings is 2. The van der Waals surface area contributed by atoms with E-state index in [9.17, 15) is 9.18 Å². The molecule has 0 unspecified atom stereocenters. The van der Waals surface area contributed by atoms with Gasteiger partial charge in [0.15, 0.2) is 0 Å². The molecule has 3 nitrogen and oxygen atoms in total. The lowest BCUT2D eigenvalue weighted by atomic mass is 9.87. The molecule has 0 aliphatic heterocycles. The summed E-state index contributed by atoms with van der Waals surface area (Å²) in [5.41, 5.74) is 4.14. The topological polar surface area (TPSA) is 41.5 Å². The van der Waals surface area contributed by atoms with Gasteiger partial charge >= 0.3 is 0 Å². The van der Waals surface area contributed by atoms with Crippen LogP contribution in [0.5, 0.6) is 0 Å². The number of carbonyl (C=O) groups is 1. The molecule has 23 heavy (non-hydrogen) atoms. The van der Waals surface area contributed by atoms with Crippen molar-refractivity contribution in [2.24, 2.45) is 5.10 Å². The van der Waals surface area contributed by atoms with Gasteiger partial charge in [-0.05, 0) is 35.2 Å². The van der Waals surface area contributed by atoms with Gasteiger partial charge in [-0.3, -0.25) is 4.79 Å². The fourth-order valence-corrected chi connectivity index (χ4v) is 2.19. The molecule has 1 N–H and O–H groups in total. The van der Waals surface area contributed by atoms with E-state index in [0.29, 0.717) is 5.56 Å². The van der Waals surface area contributed by atoms with Gasteiger partial charge in [-0.25, -0.2) is 9.82 Å². The van der Waals surface area contributed by atoms with Crippen LogP contribution in [-0.2, 0) is 5.41 Å². The Balaban J connectivity index is 2.06. The highest BCUT2D eigenvalue weighted by Gasteiger charge is 2.14. The van der Waals surface area contributed by atoms with Gasteiger partial charge in [0.05, 0.1) is 11.2 Å². The summed E-state index contributed by atoms with van der Waals surface area (Å²) in [6.45, 7) is 6.31. The number of carbonyl (C=O) groups excluding carboxylic acids is 1. The molecule has 0 heterocycles. The molecule has 0 aliphatic carbocycles. The molecule has 0 aliphatic rings. The Kier molecular flexibility index (Phi) is 5.16. The van der Waals surface area contributed by atoms with Gasteiger partial charge in [-0.1, -0.05) is 50.6 Å². The minimum Gasteiger partial charge on any atom is -0.267 e. The van der Waals surface area contributed by atoms with Crippen molar-refractivity contribution in [1.82, 2.24) is 5.43 Å². The van der Waals surface area contributed by atoms with Gasteiger partial charge in [0.1, 0.15) is 5.82 Å². The van der Waals surface area contributed by atoms with Crippen LogP contribution in [0.4, 0.5) is 4.39 Å². The van der Waals surface area contributed by atoms with E-state index in [2.05, 4.69) is 31.3 Å². The molecule has 0 spiro atoms. The van der Waals surface area contributed by atoms with Crippen LogP contribution in [0.25, 0.3) is 0 Å². The van der Waals surface area contributed by atoms with Crippen molar-refractivity contribution in [3.63, 3.8) is 0 Å². The van der Waals surface area contributed by atoms with E-state index in [-0.39, 0.29) is 21.9 Å². The maximum Gasteiger partial charge on any atom is 0.271 e. The third kappa shape index (κ3) is 4.39. The molecule has 0 aromatic heterocycles. The van der Waals surface area contributed by atoms with Crippen molar-refractivity contribution in [3.8, 4) is 0 Å². The molecular formula is C18H18ClFN2O. The van der Waals surface area contributed by atoms with Crippen LogP contribution in [-0.4, -0.2) is 12.1 Å². The minimum atomic E-state index is -0.495. The first-order valence-electron chi connectivity index (χ1n) is 7.17. The summed E-state index contributed by atoms with van der Waals surface area (Å²) in [6.07, 6.45) is 1.19. The maximum absolute atomic E-state index is 13.6. The standard InChI is InChI=1S/C18H18ClFN2O/c1-18(2,3)13-9-7-12(8-10-13)17(23)22-21-11-14-15(19)5-4-6-16(14)20/h4-11H,1-3H3,(H,22,23)/b21-11-. The molecule has 1 amide bonds. The fourth-order valence-electron chi connectivity index (χ4n) is 1.98. The number of rotatable bonds is 3. The van der Waals surface area contributed by atoms with Crippen LogP contribution in [0.1, 0.15) is 42.3 Å². The van der Waals surface area contributed by atoms with E-state index >= 15 is 0 Å². The first kappa shape index (κ1) is 17.2. The Morgan fingerprint density at radius 1 is 1.17 bits per heavy atom. The first-order chi connectivity index (χ1) is 10.8. The van der Waals surface area contributed by atoms with Crippen LogP contribution in [0.2, 0.25) is 5.02 Å². The van der Waals surface area contributed by atoms with E-state index in [1.165, 1.54) is 18.3 Å². The highest BCUT2D eigenvalue weighted by molar-refractivity contribution is 6.33. The van der Waals surface area contributed by atoms with Crippen LogP contribution in [0, 0.1) is 5.82 Å². The van der Waals surface area contributed by atoms with E-state index in [1.54, 1.807) is 18.2 Å². The quantitative estimate of drug-likeness (QED) is 0.650. The Hall–Kier alpha value is -2.20. The first-order valence-corrected chi connectivity index (χ1v) is 7.55. The van der Waals surface area contributed by atoms with Gasteiger partial charge in [0, 0.05) is 11.1 Å². The molecule has 2 aromatic carbocycles. The molecule has 0 fully saturated rings. The second-order valence-electron chi connectivity index (χ2n) is 6.16. The number of hydrogen-bond donors (Lipinski definition) is 1. The normalized spacial score (nSPS) is 11.7. The summed E-state index contributed by atoms with van der Waals surface area (Å²) in [6, 6.07) is 11.6. The Bertz CT molecular complexity index is 713. The zero-order valence-corrected chi connectivity index (χ0v) is 14.0. The van der Waals surface area contributed by atoms with Crippen molar-refractivity contribution < 1.29 is 9.18 Å². The largest absolute Gasteiger partial charge is 0.271 e. The highest BCUT2D eigenvalue weighted by Crippen LogP contribution is 2.22. The second-order valence-corrected chi connectivity index (χ2v) is 6.57. The molecular weight excluding hydrogens is 315 g/mol. The third-order valence-corrected chi connectivity index (χ3v) is 3.70. The van der Waals surface area contributed by atoms with Gasteiger partial charge < -0.3 is 0 Å². The second kappa shape index (κ2) is 6.92. The van der Waals surface area contributed by atoms with Crippen LogP contribution >= 0.6 is 11.6 Å². The van der Waals surface area contributed by atoms with Crippen LogP contribution < -0.4 is 5.43 Å². The lowest BCUT2D eigenvalue weighted by Gasteiger charge is -2.18. The Morgan fingerprint density at radius 2 is 1.83 bits per heavy atom. The number of halogens is 2. The van der Waals surface area contributed by atoms with Crippen LogP contribution in [0.15, 0.2) is 47.6 Å². The predicted octanol–water partition coefficient (Wildman–Crippen LogP) is 4.54. The Morgan fingerprint density at radius 3 is 2.39 bits per heavy atom. The summed E-state index contributed by atoms with van der Waals surface area (Å²) >= 11 is 5.88. The zero-order valence-electron chi connectivity index (χ0n) is 13.2. The molecule has 2 rings (SSSR count). The van der Waals surface area contributed by atoms with Crippen molar-refractivity contribution in [1.29, 1.82) is 0 Å². The predicted molar refractivity (Wildman–Crippen MR) is 91.6 cm³/mol. The van der Waals surface area contributed by atoms with E-state index in [4.69, 9.17) is 11.6 Å². The molecule has 0 radical (unpaired) electrons. The van der Waals surface area contributed by atoms with E-state index in [0.717, 1.165) is 5.56 Å². The average molecular weight is 333 g/mol. The molecule has 0 saturated heterocycles. The maximum atomic E-state index is 13.6. The van der Waals surface area contributed by atoms with Crippen molar-refractivity contribution in [2.45, 2.75) is 26.2 Å². The van der Waals surface area contributed by atoms with Gasteiger partial charge in [0.2, 0.25) is 0 Å². The molecule has 0 saturated carbocycles. The smallest absolute Gasteiger partial charge is 0.267 e. The van der Waals surface area contributed by atoms with Crippen molar-refractivity contribution >= 4 is 23.7 Å². The van der Waals surface area contributed by atoms with Gasteiger partial charge in [-0.15, -0.1) is 0 Å².